The molecule has 1 unspecified atom stereocenters. The number of ether oxygens (including phenoxy) is 3. The molecule has 108 valence electrons. The van der Waals surface area contributed by atoms with Gasteiger partial charge in [-0.05, 0) is 36.3 Å². The maximum atomic E-state index is 5.92. The molecule has 0 spiro atoms. The molecule has 0 heterocycles. The van der Waals surface area contributed by atoms with Crippen LogP contribution >= 0.6 is 12.6 Å². The zero-order valence-electron chi connectivity index (χ0n) is 12.4. The van der Waals surface area contributed by atoms with Crippen LogP contribution in [0, 0.1) is 18.8 Å². The smallest absolute Gasteiger partial charge is 0.203 e. The lowest BCUT2D eigenvalue weighted by atomic mass is 9.99. The third-order valence-electron chi connectivity index (χ3n) is 3.22. The van der Waals surface area contributed by atoms with Gasteiger partial charge in [0.1, 0.15) is 0 Å². The average molecular weight is 284 g/mol. The van der Waals surface area contributed by atoms with Gasteiger partial charge in [-0.1, -0.05) is 13.8 Å². The Balaban J connectivity index is 2.92. The number of methoxy groups -OCH3 is 2. The fraction of sp³-hybridized carbons (Fsp3) is 0.600. The van der Waals surface area contributed by atoms with Crippen molar-refractivity contribution in [3.63, 3.8) is 0 Å². The van der Waals surface area contributed by atoms with E-state index in [9.17, 15) is 0 Å². The molecular weight excluding hydrogens is 260 g/mol. The van der Waals surface area contributed by atoms with Crippen LogP contribution in [0.5, 0.6) is 17.2 Å². The second-order valence-corrected chi connectivity index (χ2v) is 5.36. The molecule has 19 heavy (non-hydrogen) atoms. The van der Waals surface area contributed by atoms with Crippen molar-refractivity contribution in [2.45, 2.75) is 20.8 Å². The minimum absolute atomic E-state index is 0.402. The minimum Gasteiger partial charge on any atom is -0.493 e. The zero-order valence-corrected chi connectivity index (χ0v) is 13.3. The summed E-state index contributed by atoms with van der Waals surface area (Å²) in [7, 11) is 3.28. The van der Waals surface area contributed by atoms with Crippen molar-refractivity contribution in [1.29, 1.82) is 0 Å². The van der Waals surface area contributed by atoms with E-state index in [1.165, 1.54) is 0 Å². The molecule has 0 amide bonds. The molecule has 0 N–H and O–H groups in total. The summed E-state index contributed by atoms with van der Waals surface area (Å²) in [4.78, 5) is 0. The topological polar surface area (TPSA) is 27.7 Å². The van der Waals surface area contributed by atoms with Crippen LogP contribution in [0.4, 0.5) is 0 Å². The first-order chi connectivity index (χ1) is 9.03. The number of hydrogen-bond acceptors (Lipinski definition) is 4. The van der Waals surface area contributed by atoms with E-state index in [-0.39, 0.29) is 0 Å². The monoisotopic (exact) mass is 284 g/mol. The number of aryl methyl sites for hydroxylation is 1. The molecule has 0 saturated carbocycles. The van der Waals surface area contributed by atoms with Crippen LogP contribution < -0.4 is 14.2 Å². The first kappa shape index (κ1) is 16.0. The Bertz CT molecular complexity index is 379. The SMILES string of the molecule is COc1cc(C)cc(OC)c1OCC(CS)C(C)C. The molecule has 0 aliphatic heterocycles. The maximum Gasteiger partial charge on any atom is 0.203 e. The molecule has 0 aromatic heterocycles. The van der Waals surface area contributed by atoms with E-state index >= 15 is 0 Å². The van der Waals surface area contributed by atoms with Crippen LogP contribution in [0.2, 0.25) is 0 Å². The van der Waals surface area contributed by atoms with Crippen molar-refractivity contribution >= 4 is 12.6 Å². The number of thiol groups is 1. The highest BCUT2D eigenvalue weighted by atomic mass is 32.1. The Morgan fingerprint density at radius 3 is 2.00 bits per heavy atom. The van der Waals surface area contributed by atoms with Crippen molar-refractivity contribution in [2.75, 3.05) is 26.6 Å². The average Bonchev–Trinajstić information content (AvgIpc) is 2.39. The summed E-state index contributed by atoms with van der Waals surface area (Å²) in [5, 5.41) is 0. The highest BCUT2D eigenvalue weighted by Gasteiger charge is 2.17. The van der Waals surface area contributed by atoms with Crippen LogP contribution in [0.1, 0.15) is 19.4 Å². The molecule has 4 heteroatoms. The fourth-order valence-corrected chi connectivity index (χ4v) is 2.33. The van der Waals surface area contributed by atoms with Gasteiger partial charge < -0.3 is 14.2 Å². The van der Waals surface area contributed by atoms with Crippen molar-refractivity contribution in [1.82, 2.24) is 0 Å². The van der Waals surface area contributed by atoms with E-state index in [4.69, 9.17) is 14.2 Å². The summed E-state index contributed by atoms with van der Waals surface area (Å²) in [5.41, 5.74) is 1.08. The van der Waals surface area contributed by atoms with Gasteiger partial charge in [0.2, 0.25) is 5.75 Å². The van der Waals surface area contributed by atoms with Gasteiger partial charge in [0.05, 0.1) is 20.8 Å². The standard InChI is InChI=1S/C15H24O3S/c1-10(2)12(9-19)8-18-15-13(16-4)6-11(3)7-14(15)17-5/h6-7,10,12,19H,8-9H2,1-5H3. The molecule has 1 aromatic carbocycles. The summed E-state index contributed by atoms with van der Waals surface area (Å²) >= 11 is 4.37. The van der Waals surface area contributed by atoms with E-state index in [0.717, 1.165) is 11.3 Å². The largest absolute Gasteiger partial charge is 0.493 e. The molecule has 0 aliphatic carbocycles. The van der Waals surface area contributed by atoms with Gasteiger partial charge in [0.25, 0.3) is 0 Å². The Morgan fingerprint density at radius 1 is 1.11 bits per heavy atom. The lowest BCUT2D eigenvalue weighted by Crippen LogP contribution is -2.19. The van der Waals surface area contributed by atoms with Gasteiger partial charge >= 0.3 is 0 Å². The minimum atomic E-state index is 0.402. The van der Waals surface area contributed by atoms with Gasteiger partial charge in [-0.2, -0.15) is 12.6 Å². The second kappa shape index (κ2) is 7.53. The Hall–Kier alpha value is -1.03. The quantitative estimate of drug-likeness (QED) is 0.775. The highest BCUT2D eigenvalue weighted by Crippen LogP contribution is 2.38. The van der Waals surface area contributed by atoms with Crippen molar-refractivity contribution < 1.29 is 14.2 Å². The van der Waals surface area contributed by atoms with E-state index in [1.807, 2.05) is 19.1 Å². The maximum absolute atomic E-state index is 5.92. The molecule has 1 rings (SSSR count). The first-order valence-corrected chi connectivity index (χ1v) is 7.13. The lowest BCUT2D eigenvalue weighted by molar-refractivity contribution is 0.210. The van der Waals surface area contributed by atoms with E-state index in [2.05, 4.69) is 26.5 Å². The zero-order chi connectivity index (χ0) is 14.4. The van der Waals surface area contributed by atoms with Crippen molar-refractivity contribution in [3.05, 3.63) is 17.7 Å². The van der Waals surface area contributed by atoms with Gasteiger partial charge in [-0.3, -0.25) is 0 Å². The predicted octanol–water partition coefficient (Wildman–Crippen LogP) is 3.59. The van der Waals surface area contributed by atoms with Crippen LogP contribution in [-0.4, -0.2) is 26.6 Å². The molecule has 0 saturated heterocycles. The highest BCUT2D eigenvalue weighted by molar-refractivity contribution is 7.80. The van der Waals surface area contributed by atoms with Crippen molar-refractivity contribution in [2.24, 2.45) is 11.8 Å². The van der Waals surface area contributed by atoms with Gasteiger partial charge in [0, 0.05) is 5.92 Å². The van der Waals surface area contributed by atoms with E-state index in [1.54, 1.807) is 14.2 Å². The van der Waals surface area contributed by atoms with E-state index < -0.39 is 0 Å². The summed E-state index contributed by atoms with van der Waals surface area (Å²) in [6.45, 7) is 6.96. The number of rotatable bonds is 7. The number of benzene rings is 1. The first-order valence-electron chi connectivity index (χ1n) is 6.49. The van der Waals surface area contributed by atoms with Crippen LogP contribution in [0.3, 0.4) is 0 Å². The van der Waals surface area contributed by atoms with Gasteiger partial charge in [-0.15, -0.1) is 0 Å². The van der Waals surface area contributed by atoms with E-state index in [0.29, 0.717) is 35.7 Å². The Morgan fingerprint density at radius 2 is 1.63 bits per heavy atom. The molecule has 1 atom stereocenters. The fourth-order valence-electron chi connectivity index (χ4n) is 1.80. The molecule has 0 aliphatic rings. The molecule has 1 aromatic rings. The van der Waals surface area contributed by atoms with Crippen LogP contribution in [0.15, 0.2) is 12.1 Å². The molecule has 0 bridgehead atoms. The molecule has 0 fully saturated rings. The summed E-state index contributed by atoms with van der Waals surface area (Å²) < 4.78 is 16.7. The summed E-state index contributed by atoms with van der Waals surface area (Å²) in [6.07, 6.45) is 0. The molecule has 3 nitrogen and oxygen atoms in total. The van der Waals surface area contributed by atoms with Gasteiger partial charge in [-0.25, -0.2) is 0 Å². The normalized spacial score (nSPS) is 12.4. The summed E-state index contributed by atoms with van der Waals surface area (Å²) in [5.74, 6) is 3.81. The second-order valence-electron chi connectivity index (χ2n) is 5.00. The van der Waals surface area contributed by atoms with Crippen molar-refractivity contribution in [3.8, 4) is 17.2 Å². The number of hydrogen-bond donors (Lipinski definition) is 1. The van der Waals surface area contributed by atoms with Gasteiger partial charge in [0.15, 0.2) is 11.5 Å². The third-order valence-corrected chi connectivity index (χ3v) is 3.69. The Kier molecular flexibility index (Phi) is 6.35. The van der Waals surface area contributed by atoms with Crippen LogP contribution in [0.25, 0.3) is 0 Å². The summed E-state index contributed by atoms with van der Waals surface area (Å²) in [6, 6.07) is 3.89. The predicted molar refractivity (Wildman–Crippen MR) is 82.0 cm³/mol. The molecular formula is C15H24O3S. The lowest BCUT2D eigenvalue weighted by Gasteiger charge is -2.21. The Labute approximate surface area is 121 Å². The molecule has 0 radical (unpaired) electrons. The van der Waals surface area contributed by atoms with Crippen LogP contribution in [-0.2, 0) is 0 Å². The third kappa shape index (κ3) is 4.23.